The standard InChI is InChI=1S/C24H15Cl2N5O3/c25-14-6-7-16(18(26)8-14)21-17(10-27)24(28)34-22-20(32)9-15(33-23(21)22)11-31-12-19(29-30-31)13-4-2-1-3-5-13/h1-9,12,21H,11,28H2. The van der Waals surface area contributed by atoms with Gasteiger partial charge in [-0.05, 0) is 17.7 Å². The molecule has 2 aromatic heterocycles. The monoisotopic (exact) mass is 491 g/mol. The minimum atomic E-state index is -0.846. The lowest BCUT2D eigenvalue weighted by Gasteiger charge is -2.25. The van der Waals surface area contributed by atoms with Crippen LogP contribution in [-0.2, 0) is 6.54 Å². The van der Waals surface area contributed by atoms with E-state index in [4.69, 9.17) is 38.1 Å². The summed E-state index contributed by atoms with van der Waals surface area (Å²) in [6, 6.07) is 17.7. The van der Waals surface area contributed by atoms with Crippen LogP contribution < -0.4 is 15.9 Å². The van der Waals surface area contributed by atoms with Gasteiger partial charge in [0.2, 0.25) is 17.1 Å². The second-order valence-corrected chi connectivity index (χ2v) is 8.37. The van der Waals surface area contributed by atoms with Crippen molar-refractivity contribution >= 4 is 23.2 Å². The fraction of sp³-hybridized carbons (Fsp3) is 0.0833. The van der Waals surface area contributed by atoms with E-state index >= 15 is 0 Å². The number of hydrogen-bond donors (Lipinski definition) is 1. The van der Waals surface area contributed by atoms with E-state index in [1.54, 1.807) is 29.1 Å². The first-order chi connectivity index (χ1) is 16.4. The lowest BCUT2D eigenvalue weighted by molar-refractivity contribution is 0.329. The zero-order valence-electron chi connectivity index (χ0n) is 17.4. The molecule has 8 nitrogen and oxygen atoms in total. The molecule has 3 heterocycles. The molecule has 1 atom stereocenters. The van der Waals surface area contributed by atoms with Crippen LogP contribution in [0.15, 0.2) is 81.5 Å². The number of nitrogens with zero attached hydrogens (tertiary/aromatic N) is 4. The van der Waals surface area contributed by atoms with Gasteiger partial charge in [0.25, 0.3) is 0 Å². The number of allylic oxidation sites excluding steroid dienone is 1. The fourth-order valence-corrected chi connectivity index (χ4v) is 4.30. The Kier molecular flexibility index (Phi) is 5.57. The van der Waals surface area contributed by atoms with Crippen LogP contribution in [0.2, 0.25) is 10.0 Å². The van der Waals surface area contributed by atoms with Crippen molar-refractivity contribution in [3.63, 3.8) is 0 Å². The maximum absolute atomic E-state index is 12.9. The van der Waals surface area contributed by atoms with Gasteiger partial charge in [-0.1, -0.05) is 64.8 Å². The molecule has 1 aliphatic heterocycles. The Bertz CT molecular complexity index is 1540. The molecule has 0 spiro atoms. The van der Waals surface area contributed by atoms with Crippen molar-refractivity contribution in [1.82, 2.24) is 15.0 Å². The summed E-state index contributed by atoms with van der Waals surface area (Å²) < 4.78 is 13.1. The summed E-state index contributed by atoms with van der Waals surface area (Å²) in [5.41, 5.74) is 7.68. The fourth-order valence-electron chi connectivity index (χ4n) is 3.79. The maximum Gasteiger partial charge on any atom is 0.228 e. The maximum atomic E-state index is 12.9. The predicted octanol–water partition coefficient (Wildman–Crippen LogP) is 4.47. The molecule has 0 bridgehead atoms. The zero-order chi connectivity index (χ0) is 23.8. The van der Waals surface area contributed by atoms with Gasteiger partial charge in [-0.3, -0.25) is 4.79 Å². The first-order valence-electron chi connectivity index (χ1n) is 10.1. The van der Waals surface area contributed by atoms with Crippen LogP contribution >= 0.6 is 23.2 Å². The summed E-state index contributed by atoms with van der Waals surface area (Å²) in [6.45, 7) is 0.129. The zero-order valence-corrected chi connectivity index (χ0v) is 18.9. The molecule has 34 heavy (non-hydrogen) atoms. The number of nitrogens with two attached hydrogens (primary N) is 1. The van der Waals surface area contributed by atoms with Gasteiger partial charge >= 0.3 is 0 Å². The molecule has 0 aliphatic carbocycles. The highest BCUT2D eigenvalue weighted by Crippen LogP contribution is 2.43. The molecule has 0 radical (unpaired) electrons. The average molecular weight is 492 g/mol. The van der Waals surface area contributed by atoms with E-state index in [-0.39, 0.29) is 29.5 Å². The van der Waals surface area contributed by atoms with Crippen LogP contribution in [0.5, 0.6) is 5.75 Å². The van der Waals surface area contributed by atoms with E-state index in [2.05, 4.69) is 10.3 Å². The Morgan fingerprint density at radius 3 is 2.68 bits per heavy atom. The van der Waals surface area contributed by atoms with Gasteiger partial charge < -0.3 is 14.9 Å². The summed E-state index contributed by atoms with van der Waals surface area (Å²) in [5.74, 6) is -0.706. The minimum absolute atomic E-state index is 0.0733. The summed E-state index contributed by atoms with van der Waals surface area (Å²) in [6.07, 6.45) is 1.75. The van der Waals surface area contributed by atoms with Gasteiger partial charge in [0.15, 0.2) is 5.76 Å². The van der Waals surface area contributed by atoms with Crippen LogP contribution in [-0.4, -0.2) is 15.0 Å². The van der Waals surface area contributed by atoms with Crippen molar-refractivity contribution in [2.24, 2.45) is 5.73 Å². The Morgan fingerprint density at radius 1 is 1.15 bits per heavy atom. The SMILES string of the molecule is N#CC1=C(N)Oc2c(oc(Cn3cc(-c4ccccc4)nn3)cc2=O)C1c1ccc(Cl)cc1Cl. The van der Waals surface area contributed by atoms with Gasteiger partial charge in [0.1, 0.15) is 29.6 Å². The second-order valence-electron chi connectivity index (χ2n) is 7.53. The van der Waals surface area contributed by atoms with Crippen molar-refractivity contribution in [3.8, 4) is 23.1 Å². The molecule has 1 aliphatic rings. The highest BCUT2D eigenvalue weighted by molar-refractivity contribution is 6.35. The Labute approximate surface area is 203 Å². The smallest absolute Gasteiger partial charge is 0.228 e. The number of ether oxygens (including phenoxy) is 1. The summed E-state index contributed by atoms with van der Waals surface area (Å²) in [4.78, 5) is 12.9. The summed E-state index contributed by atoms with van der Waals surface area (Å²) in [5, 5.41) is 18.8. The van der Waals surface area contributed by atoms with E-state index in [1.807, 2.05) is 36.4 Å². The minimum Gasteiger partial charge on any atom is -0.459 e. The number of nitriles is 1. The third-order valence-electron chi connectivity index (χ3n) is 5.33. The van der Waals surface area contributed by atoms with E-state index in [9.17, 15) is 10.1 Å². The number of benzene rings is 2. The highest BCUT2D eigenvalue weighted by Gasteiger charge is 2.36. The summed E-state index contributed by atoms with van der Waals surface area (Å²) >= 11 is 12.5. The number of aromatic nitrogens is 3. The molecule has 5 rings (SSSR count). The van der Waals surface area contributed by atoms with Gasteiger partial charge in [-0.2, -0.15) is 5.26 Å². The van der Waals surface area contributed by atoms with Crippen LogP contribution in [0, 0.1) is 11.3 Å². The van der Waals surface area contributed by atoms with Gasteiger partial charge in [-0.25, -0.2) is 4.68 Å². The van der Waals surface area contributed by atoms with Crippen molar-refractivity contribution < 1.29 is 9.15 Å². The Balaban J connectivity index is 1.57. The third-order valence-corrected chi connectivity index (χ3v) is 5.89. The third kappa shape index (κ3) is 3.92. The quantitative estimate of drug-likeness (QED) is 0.446. The Hall–Kier alpha value is -4.06. The second kappa shape index (κ2) is 8.71. The molecular weight excluding hydrogens is 477 g/mol. The van der Waals surface area contributed by atoms with Crippen LogP contribution in [0.25, 0.3) is 11.3 Å². The molecule has 1 unspecified atom stereocenters. The molecular formula is C24H15Cl2N5O3. The number of rotatable bonds is 4. The number of fused-ring (bicyclic) bond motifs is 1. The highest BCUT2D eigenvalue weighted by atomic mass is 35.5. The van der Waals surface area contributed by atoms with Gasteiger partial charge in [0, 0.05) is 21.7 Å². The van der Waals surface area contributed by atoms with Crippen molar-refractivity contribution in [1.29, 1.82) is 5.26 Å². The van der Waals surface area contributed by atoms with Crippen LogP contribution in [0.3, 0.4) is 0 Å². The first kappa shape index (κ1) is 21.8. The normalized spacial score (nSPS) is 14.9. The van der Waals surface area contributed by atoms with Gasteiger partial charge in [-0.15, -0.1) is 5.10 Å². The predicted molar refractivity (Wildman–Crippen MR) is 125 cm³/mol. The molecule has 0 amide bonds. The first-order valence-corrected chi connectivity index (χ1v) is 10.8. The van der Waals surface area contributed by atoms with E-state index in [1.165, 1.54) is 6.07 Å². The van der Waals surface area contributed by atoms with Gasteiger partial charge in [0.05, 0.1) is 12.1 Å². The topological polar surface area (TPSA) is 120 Å². The van der Waals surface area contributed by atoms with Crippen molar-refractivity contribution in [2.45, 2.75) is 12.5 Å². The van der Waals surface area contributed by atoms with Crippen molar-refractivity contribution in [2.75, 3.05) is 0 Å². The van der Waals surface area contributed by atoms with Crippen LogP contribution in [0.1, 0.15) is 23.0 Å². The molecule has 4 aromatic rings. The lowest BCUT2D eigenvalue weighted by Crippen LogP contribution is -2.25. The van der Waals surface area contributed by atoms with Crippen molar-refractivity contribution in [3.05, 3.63) is 110 Å². The summed E-state index contributed by atoms with van der Waals surface area (Å²) in [7, 11) is 0. The molecule has 168 valence electrons. The Morgan fingerprint density at radius 2 is 1.94 bits per heavy atom. The molecule has 10 heteroatoms. The number of hydrogen-bond acceptors (Lipinski definition) is 7. The molecule has 0 saturated carbocycles. The molecule has 2 N–H and O–H groups in total. The van der Waals surface area contributed by atoms with E-state index in [0.717, 1.165) is 5.56 Å². The molecule has 0 fully saturated rings. The van der Waals surface area contributed by atoms with Crippen LogP contribution in [0.4, 0.5) is 0 Å². The molecule has 2 aromatic carbocycles. The number of halogens is 2. The largest absolute Gasteiger partial charge is 0.459 e. The molecule has 0 saturated heterocycles. The lowest BCUT2D eigenvalue weighted by atomic mass is 9.87. The average Bonchev–Trinajstić information content (AvgIpc) is 3.28. The van der Waals surface area contributed by atoms with E-state index in [0.29, 0.717) is 27.1 Å². The van der Waals surface area contributed by atoms with E-state index < -0.39 is 11.3 Å².